The predicted octanol–water partition coefficient (Wildman–Crippen LogP) is 2.76. The zero-order valence-corrected chi connectivity index (χ0v) is 11.1. The SMILES string of the molecule is [CH]C1C[C@@H](C)[C@@H](CP(=O)(OCC)OCC)O1. The van der Waals surface area contributed by atoms with E-state index in [0.717, 1.165) is 6.42 Å². The molecule has 1 saturated heterocycles. The van der Waals surface area contributed by atoms with Crippen LogP contribution in [0.2, 0.25) is 0 Å². The third-order valence-electron chi connectivity index (χ3n) is 2.64. The topological polar surface area (TPSA) is 44.8 Å². The molecule has 94 valence electrons. The summed E-state index contributed by atoms with van der Waals surface area (Å²) >= 11 is 0. The van der Waals surface area contributed by atoms with Crippen LogP contribution in [0, 0.1) is 12.8 Å². The molecule has 0 spiro atoms. The molecule has 2 radical (unpaired) electrons. The van der Waals surface area contributed by atoms with Gasteiger partial charge in [0.05, 0.1) is 31.6 Å². The van der Waals surface area contributed by atoms with Crippen LogP contribution >= 0.6 is 7.60 Å². The summed E-state index contributed by atoms with van der Waals surface area (Å²) in [6, 6.07) is 0. The average Bonchev–Trinajstić information content (AvgIpc) is 2.45. The van der Waals surface area contributed by atoms with Crippen LogP contribution in [0.5, 0.6) is 0 Å². The van der Waals surface area contributed by atoms with Crippen LogP contribution in [-0.4, -0.2) is 31.6 Å². The van der Waals surface area contributed by atoms with Crippen molar-refractivity contribution in [3.05, 3.63) is 6.92 Å². The second-order valence-corrected chi connectivity index (χ2v) is 6.16. The molecule has 0 aromatic heterocycles. The lowest BCUT2D eigenvalue weighted by Gasteiger charge is -2.22. The minimum atomic E-state index is -3.01. The molecule has 1 aliphatic rings. The third kappa shape index (κ3) is 3.85. The number of hydrogen-bond acceptors (Lipinski definition) is 4. The molecule has 4 nitrogen and oxygen atoms in total. The maximum Gasteiger partial charge on any atom is 0.333 e. The fourth-order valence-corrected chi connectivity index (χ4v) is 3.87. The van der Waals surface area contributed by atoms with Crippen molar-refractivity contribution in [2.45, 2.75) is 39.4 Å². The molecular weight excluding hydrogens is 227 g/mol. The van der Waals surface area contributed by atoms with E-state index in [1.54, 1.807) is 13.8 Å². The molecule has 0 saturated carbocycles. The van der Waals surface area contributed by atoms with Crippen LogP contribution < -0.4 is 0 Å². The fraction of sp³-hybridized carbons (Fsp3) is 0.909. The second kappa shape index (κ2) is 6.15. The van der Waals surface area contributed by atoms with E-state index in [-0.39, 0.29) is 12.2 Å². The van der Waals surface area contributed by atoms with Gasteiger partial charge in [0.15, 0.2) is 0 Å². The normalized spacial score (nSPS) is 30.9. The molecule has 1 heterocycles. The monoisotopic (exact) mass is 248 g/mol. The lowest BCUT2D eigenvalue weighted by molar-refractivity contribution is 0.0670. The summed E-state index contributed by atoms with van der Waals surface area (Å²) in [6.45, 7) is 12.1. The average molecular weight is 248 g/mol. The Labute approximate surface area is 98.2 Å². The summed E-state index contributed by atoms with van der Waals surface area (Å²) in [5, 5.41) is 0. The predicted molar refractivity (Wildman–Crippen MR) is 62.5 cm³/mol. The van der Waals surface area contributed by atoms with Gasteiger partial charge in [0.2, 0.25) is 0 Å². The Morgan fingerprint density at radius 2 is 1.94 bits per heavy atom. The van der Waals surface area contributed by atoms with Gasteiger partial charge in [-0.15, -0.1) is 0 Å². The molecule has 0 aromatic rings. The van der Waals surface area contributed by atoms with Crippen molar-refractivity contribution in [3.63, 3.8) is 0 Å². The second-order valence-electron chi connectivity index (χ2n) is 4.06. The van der Waals surface area contributed by atoms with E-state index in [9.17, 15) is 4.57 Å². The Bertz CT molecular complexity index is 246. The van der Waals surface area contributed by atoms with Gasteiger partial charge in [0.1, 0.15) is 0 Å². The molecule has 5 heteroatoms. The molecule has 0 N–H and O–H groups in total. The molecule has 0 aliphatic carbocycles. The van der Waals surface area contributed by atoms with Gasteiger partial charge in [-0.05, 0) is 33.1 Å². The van der Waals surface area contributed by atoms with Crippen molar-refractivity contribution in [2.75, 3.05) is 19.4 Å². The van der Waals surface area contributed by atoms with E-state index < -0.39 is 7.60 Å². The molecule has 0 bridgehead atoms. The Morgan fingerprint density at radius 1 is 1.38 bits per heavy atom. The van der Waals surface area contributed by atoms with Crippen LogP contribution in [0.4, 0.5) is 0 Å². The zero-order valence-electron chi connectivity index (χ0n) is 10.2. The van der Waals surface area contributed by atoms with E-state index >= 15 is 0 Å². The first-order chi connectivity index (χ1) is 7.50. The van der Waals surface area contributed by atoms with Crippen LogP contribution in [0.3, 0.4) is 0 Å². The summed E-state index contributed by atoms with van der Waals surface area (Å²) < 4.78 is 28.2. The minimum Gasteiger partial charge on any atom is -0.374 e. The molecule has 1 rings (SSSR count). The Kier molecular flexibility index (Phi) is 5.45. The van der Waals surface area contributed by atoms with Gasteiger partial charge in [-0.3, -0.25) is 4.57 Å². The van der Waals surface area contributed by atoms with Crippen LogP contribution in [0.15, 0.2) is 0 Å². The van der Waals surface area contributed by atoms with Crippen molar-refractivity contribution in [3.8, 4) is 0 Å². The van der Waals surface area contributed by atoms with Gasteiger partial charge in [-0.25, -0.2) is 0 Å². The highest BCUT2D eigenvalue weighted by molar-refractivity contribution is 7.53. The minimum absolute atomic E-state index is 0.126. The first-order valence-electron chi connectivity index (χ1n) is 5.80. The largest absolute Gasteiger partial charge is 0.374 e. The van der Waals surface area contributed by atoms with Crippen molar-refractivity contribution < 1.29 is 18.3 Å². The van der Waals surface area contributed by atoms with Gasteiger partial charge in [0, 0.05) is 0 Å². The van der Waals surface area contributed by atoms with Gasteiger partial charge in [0.25, 0.3) is 0 Å². The van der Waals surface area contributed by atoms with Crippen molar-refractivity contribution in [1.29, 1.82) is 0 Å². The van der Waals surface area contributed by atoms with E-state index in [2.05, 4.69) is 0 Å². The molecule has 1 fully saturated rings. The fourth-order valence-electron chi connectivity index (χ4n) is 1.91. The summed E-state index contributed by atoms with van der Waals surface area (Å²) in [6.07, 6.45) is 0.711. The molecular formula is C11H21O4P. The van der Waals surface area contributed by atoms with E-state index in [1.807, 2.05) is 6.92 Å². The molecule has 3 atom stereocenters. The van der Waals surface area contributed by atoms with E-state index in [1.165, 1.54) is 0 Å². The standard InChI is InChI=1S/C11H21O4P/c1-5-13-16(12,14-6-2)8-11-9(3)7-10(4)15-11/h4,9-11H,5-8H2,1-3H3/t9-,10?,11-/m1/s1. The number of hydrogen-bond donors (Lipinski definition) is 0. The van der Waals surface area contributed by atoms with E-state index in [4.69, 9.17) is 20.7 Å². The molecule has 1 aliphatic heterocycles. The smallest absolute Gasteiger partial charge is 0.333 e. The van der Waals surface area contributed by atoms with Crippen LogP contribution in [0.25, 0.3) is 0 Å². The summed E-state index contributed by atoms with van der Waals surface area (Å²) in [5.74, 6) is 0.296. The summed E-state index contributed by atoms with van der Waals surface area (Å²) in [7, 11) is -3.01. The van der Waals surface area contributed by atoms with Crippen LogP contribution in [-0.2, 0) is 18.3 Å². The first-order valence-corrected chi connectivity index (χ1v) is 7.52. The van der Waals surface area contributed by atoms with Gasteiger partial charge >= 0.3 is 7.60 Å². The molecule has 16 heavy (non-hydrogen) atoms. The quantitative estimate of drug-likeness (QED) is 0.678. The highest BCUT2D eigenvalue weighted by atomic mass is 31.2. The maximum absolute atomic E-state index is 12.3. The first kappa shape index (κ1) is 14.2. The molecule has 1 unspecified atom stereocenters. The summed E-state index contributed by atoms with van der Waals surface area (Å²) in [5.41, 5.74) is 0. The highest BCUT2D eigenvalue weighted by Gasteiger charge is 2.37. The highest BCUT2D eigenvalue weighted by Crippen LogP contribution is 2.50. The Morgan fingerprint density at radius 3 is 2.31 bits per heavy atom. The van der Waals surface area contributed by atoms with Crippen molar-refractivity contribution in [2.24, 2.45) is 5.92 Å². The maximum atomic E-state index is 12.3. The van der Waals surface area contributed by atoms with Gasteiger partial charge in [-0.2, -0.15) is 0 Å². The Hall–Kier alpha value is 0.110. The number of ether oxygens (including phenoxy) is 1. The van der Waals surface area contributed by atoms with Crippen molar-refractivity contribution >= 4 is 7.60 Å². The zero-order chi connectivity index (χ0) is 12.2. The molecule has 0 aromatic carbocycles. The van der Waals surface area contributed by atoms with Crippen molar-refractivity contribution in [1.82, 2.24) is 0 Å². The lowest BCUT2D eigenvalue weighted by Crippen LogP contribution is -2.20. The Balaban J connectivity index is 2.58. The lowest BCUT2D eigenvalue weighted by atomic mass is 10.0. The third-order valence-corrected chi connectivity index (χ3v) is 4.75. The van der Waals surface area contributed by atoms with Crippen LogP contribution in [0.1, 0.15) is 27.2 Å². The van der Waals surface area contributed by atoms with Gasteiger partial charge in [-0.1, -0.05) is 6.92 Å². The van der Waals surface area contributed by atoms with E-state index in [0.29, 0.717) is 25.3 Å². The van der Waals surface area contributed by atoms with Gasteiger partial charge < -0.3 is 13.8 Å². The molecule has 0 amide bonds. The number of rotatable bonds is 6. The summed E-state index contributed by atoms with van der Waals surface area (Å²) in [4.78, 5) is 0.